The van der Waals surface area contributed by atoms with E-state index in [1.54, 1.807) is 0 Å². The molecule has 0 unspecified atom stereocenters. The van der Waals surface area contributed by atoms with E-state index in [9.17, 15) is 13.2 Å². The standard InChI is InChI=1S/C26H23F3N2OS.C2H6/c1-26(28,29)20-13-18(9-10-21(20)27)19-16-33-24-22(31-11-5-6-12-31)14-30-25(23(19)24)32-15-17-7-3-2-4-8-17;1-2/h2-4,7-10,13-14,16H,5-6,11-12,15H2,1H3;1-2H3. The summed E-state index contributed by atoms with van der Waals surface area (Å²) in [4.78, 5) is 6.93. The summed E-state index contributed by atoms with van der Waals surface area (Å²) in [5, 5.41) is 2.70. The van der Waals surface area contributed by atoms with Crippen molar-refractivity contribution in [2.75, 3.05) is 18.0 Å². The van der Waals surface area contributed by atoms with Crippen molar-refractivity contribution >= 4 is 27.1 Å². The number of hydrogen-bond donors (Lipinski definition) is 0. The van der Waals surface area contributed by atoms with Crippen molar-refractivity contribution in [2.24, 2.45) is 0 Å². The minimum Gasteiger partial charge on any atom is -0.472 e. The van der Waals surface area contributed by atoms with E-state index in [-0.39, 0.29) is 0 Å². The molecule has 1 saturated heterocycles. The molecule has 1 aliphatic heterocycles. The third-order valence-corrected chi connectivity index (χ3v) is 6.96. The Kier molecular flexibility index (Phi) is 7.65. The quantitative estimate of drug-likeness (QED) is 0.267. The van der Waals surface area contributed by atoms with Crippen LogP contribution in [0.5, 0.6) is 5.88 Å². The highest BCUT2D eigenvalue weighted by Gasteiger charge is 2.29. The van der Waals surface area contributed by atoms with E-state index < -0.39 is 17.3 Å². The van der Waals surface area contributed by atoms with Crippen LogP contribution in [-0.2, 0) is 12.5 Å². The Bertz CT molecular complexity index is 1280. The Morgan fingerprint density at radius 2 is 1.77 bits per heavy atom. The van der Waals surface area contributed by atoms with Gasteiger partial charge in [0.05, 0.1) is 27.5 Å². The highest BCUT2D eigenvalue weighted by Crippen LogP contribution is 2.45. The van der Waals surface area contributed by atoms with Crippen LogP contribution in [0.1, 0.15) is 44.7 Å². The number of halogens is 3. The van der Waals surface area contributed by atoms with Gasteiger partial charge in [0.2, 0.25) is 5.88 Å². The third kappa shape index (κ3) is 5.30. The average Bonchev–Trinajstić information content (AvgIpc) is 3.55. The van der Waals surface area contributed by atoms with Gasteiger partial charge >= 0.3 is 0 Å². The van der Waals surface area contributed by atoms with Crippen molar-refractivity contribution in [3.05, 3.63) is 77.1 Å². The van der Waals surface area contributed by atoms with Gasteiger partial charge in [0.25, 0.3) is 5.92 Å². The zero-order valence-electron chi connectivity index (χ0n) is 20.2. The Hall–Kier alpha value is -3.06. The number of alkyl halides is 2. The highest BCUT2D eigenvalue weighted by atomic mass is 32.1. The normalized spacial score (nSPS) is 13.6. The van der Waals surface area contributed by atoms with Crippen LogP contribution in [0.4, 0.5) is 18.9 Å². The number of anilines is 1. The van der Waals surface area contributed by atoms with Gasteiger partial charge in [-0.25, -0.2) is 18.2 Å². The molecule has 2 aromatic heterocycles. The summed E-state index contributed by atoms with van der Waals surface area (Å²) in [6.07, 6.45) is 4.09. The van der Waals surface area contributed by atoms with Gasteiger partial charge in [0.15, 0.2) is 0 Å². The van der Waals surface area contributed by atoms with E-state index in [1.165, 1.54) is 23.5 Å². The van der Waals surface area contributed by atoms with E-state index in [0.717, 1.165) is 58.9 Å². The summed E-state index contributed by atoms with van der Waals surface area (Å²) in [7, 11) is 0. The van der Waals surface area contributed by atoms with Crippen LogP contribution >= 0.6 is 11.3 Å². The molecule has 0 N–H and O–H groups in total. The number of rotatable bonds is 6. The molecule has 2 aromatic carbocycles. The molecule has 3 heterocycles. The zero-order chi connectivity index (χ0) is 25.0. The Balaban J connectivity index is 0.00000141. The summed E-state index contributed by atoms with van der Waals surface area (Å²) >= 11 is 1.53. The van der Waals surface area contributed by atoms with Crippen LogP contribution in [-0.4, -0.2) is 18.1 Å². The van der Waals surface area contributed by atoms with Crippen molar-refractivity contribution in [1.29, 1.82) is 0 Å². The number of hydrogen-bond acceptors (Lipinski definition) is 4. The summed E-state index contributed by atoms with van der Waals surface area (Å²) in [6.45, 7) is 6.96. The van der Waals surface area contributed by atoms with E-state index in [1.807, 2.05) is 55.8 Å². The van der Waals surface area contributed by atoms with Gasteiger partial charge in [-0.1, -0.05) is 50.2 Å². The maximum Gasteiger partial charge on any atom is 0.273 e. The maximum atomic E-state index is 14.2. The largest absolute Gasteiger partial charge is 0.472 e. The number of aromatic nitrogens is 1. The molecule has 35 heavy (non-hydrogen) atoms. The molecule has 4 aromatic rings. The van der Waals surface area contributed by atoms with Gasteiger partial charge in [0, 0.05) is 31.0 Å². The van der Waals surface area contributed by atoms with Crippen LogP contribution in [0.15, 0.2) is 60.1 Å². The topological polar surface area (TPSA) is 25.4 Å². The molecule has 5 rings (SSSR count). The van der Waals surface area contributed by atoms with Crippen LogP contribution in [0, 0.1) is 5.82 Å². The minimum atomic E-state index is -3.28. The first-order valence-electron chi connectivity index (χ1n) is 11.9. The molecule has 1 fully saturated rings. The van der Waals surface area contributed by atoms with E-state index >= 15 is 0 Å². The Morgan fingerprint density at radius 1 is 1.06 bits per heavy atom. The van der Waals surface area contributed by atoms with Gasteiger partial charge in [0.1, 0.15) is 12.4 Å². The number of thiophene rings is 1. The summed E-state index contributed by atoms with van der Waals surface area (Å²) < 4.78 is 49.3. The van der Waals surface area contributed by atoms with Crippen molar-refractivity contribution in [2.45, 2.75) is 46.1 Å². The first-order valence-corrected chi connectivity index (χ1v) is 12.8. The molecule has 0 radical (unpaired) electrons. The van der Waals surface area contributed by atoms with Crippen LogP contribution in [0.3, 0.4) is 0 Å². The zero-order valence-corrected chi connectivity index (χ0v) is 21.0. The second-order valence-corrected chi connectivity index (χ2v) is 9.23. The molecular weight excluding hydrogens is 469 g/mol. The van der Waals surface area contributed by atoms with Gasteiger partial charge < -0.3 is 9.64 Å². The lowest BCUT2D eigenvalue weighted by Crippen LogP contribution is -2.18. The first kappa shape index (κ1) is 25.0. The van der Waals surface area contributed by atoms with E-state index in [0.29, 0.717) is 25.0 Å². The molecule has 0 spiro atoms. The number of nitrogens with zero attached hydrogens (tertiary/aromatic N) is 2. The van der Waals surface area contributed by atoms with Gasteiger partial charge in [-0.15, -0.1) is 11.3 Å². The van der Waals surface area contributed by atoms with Crippen LogP contribution in [0.25, 0.3) is 21.2 Å². The van der Waals surface area contributed by atoms with Gasteiger partial charge in [-0.2, -0.15) is 0 Å². The van der Waals surface area contributed by atoms with Crippen molar-refractivity contribution in [1.82, 2.24) is 4.98 Å². The van der Waals surface area contributed by atoms with E-state index in [4.69, 9.17) is 4.74 Å². The van der Waals surface area contributed by atoms with Gasteiger partial charge in [-0.3, -0.25) is 0 Å². The van der Waals surface area contributed by atoms with Crippen molar-refractivity contribution in [3.8, 4) is 17.0 Å². The lowest BCUT2D eigenvalue weighted by Gasteiger charge is -2.19. The van der Waals surface area contributed by atoms with Crippen molar-refractivity contribution in [3.63, 3.8) is 0 Å². The summed E-state index contributed by atoms with van der Waals surface area (Å²) in [5.74, 6) is -3.75. The molecule has 7 heteroatoms. The number of ether oxygens (including phenoxy) is 1. The molecule has 0 saturated carbocycles. The fourth-order valence-corrected chi connectivity index (χ4v) is 5.37. The number of fused-ring (bicyclic) bond motifs is 1. The lowest BCUT2D eigenvalue weighted by atomic mass is 10.00. The molecule has 184 valence electrons. The second kappa shape index (κ2) is 10.7. The molecule has 1 aliphatic rings. The number of pyridine rings is 1. The highest BCUT2D eigenvalue weighted by molar-refractivity contribution is 7.18. The molecule has 0 bridgehead atoms. The molecule has 0 atom stereocenters. The van der Waals surface area contributed by atoms with E-state index in [2.05, 4.69) is 9.88 Å². The van der Waals surface area contributed by atoms with Crippen LogP contribution in [0.2, 0.25) is 0 Å². The van der Waals surface area contributed by atoms with Crippen LogP contribution < -0.4 is 9.64 Å². The third-order valence-electron chi connectivity index (χ3n) is 5.96. The molecule has 3 nitrogen and oxygen atoms in total. The predicted octanol–water partition coefficient (Wildman–Crippen LogP) is 8.42. The average molecular weight is 499 g/mol. The monoisotopic (exact) mass is 498 g/mol. The fraction of sp³-hybridized carbons (Fsp3) is 0.321. The molecular formula is C28H29F3N2OS. The van der Waals surface area contributed by atoms with Gasteiger partial charge in [-0.05, 0) is 36.1 Å². The first-order chi connectivity index (χ1) is 16.9. The minimum absolute atomic E-state index is 0.336. The summed E-state index contributed by atoms with van der Waals surface area (Å²) in [5.41, 5.74) is 2.65. The Morgan fingerprint density at radius 3 is 2.46 bits per heavy atom. The SMILES string of the molecule is CC.CC(F)(F)c1cc(-c2csc3c(N4CCCC4)cnc(OCc4ccccc4)c23)ccc1F. The fourth-order valence-electron chi connectivity index (χ4n) is 4.26. The molecule has 0 aliphatic carbocycles. The lowest BCUT2D eigenvalue weighted by molar-refractivity contribution is 0.0138. The second-order valence-electron chi connectivity index (χ2n) is 8.35. The Labute approximate surface area is 208 Å². The molecule has 0 amide bonds. The van der Waals surface area contributed by atoms with Crippen molar-refractivity contribution < 1.29 is 17.9 Å². The maximum absolute atomic E-state index is 14.2. The smallest absolute Gasteiger partial charge is 0.273 e. The predicted molar refractivity (Wildman–Crippen MR) is 138 cm³/mol. The number of benzene rings is 2. The summed E-state index contributed by atoms with van der Waals surface area (Å²) in [6, 6.07) is 13.7.